The van der Waals surface area contributed by atoms with Crippen LogP contribution in [0, 0.1) is 0 Å². The van der Waals surface area contributed by atoms with E-state index in [0.29, 0.717) is 0 Å². The summed E-state index contributed by atoms with van der Waals surface area (Å²) in [6, 6.07) is 0. The first-order chi connectivity index (χ1) is 3.68. The minimum Gasteiger partial charge on any atom is -0.870 e. The van der Waals surface area contributed by atoms with E-state index in [0.717, 1.165) is 0 Å². The van der Waals surface area contributed by atoms with E-state index in [9.17, 15) is 14.7 Å². The van der Waals surface area contributed by atoms with Gasteiger partial charge >= 0.3 is 51.4 Å². The maximum absolute atomic E-state index is 9.72. The van der Waals surface area contributed by atoms with Crippen LogP contribution in [0.3, 0.4) is 0 Å². The standard InChI is InChI=1S/C4H5O3S.K.H2O/c5-2-1-3(8)4(6)7;;/h3,8H,1H2,(H,6,7);;1H2/q-1;+1;/p-2. The summed E-state index contributed by atoms with van der Waals surface area (Å²) in [4.78, 5) is 19.2. The zero-order valence-corrected chi connectivity index (χ0v) is 9.42. The molecular weight excluding hydrogens is 183 g/mol. The molecule has 1 unspecified atom stereocenters. The Kier molecular flexibility index (Phi) is 17.4. The van der Waals surface area contributed by atoms with Crippen LogP contribution in [0.5, 0.6) is 0 Å². The number of aliphatic carboxylic acids is 1. The Labute approximate surface area is 107 Å². The van der Waals surface area contributed by atoms with Gasteiger partial charge in [-0.3, -0.25) is 6.29 Å². The van der Waals surface area contributed by atoms with Crippen molar-refractivity contribution in [2.24, 2.45) is 0 Å². The molecule has 1 atom stereocenters. The second kappa shape index (κ2) is 10.1. The molecule has 0 heterocycles. The zero-order valence-electron chi connectivity index (χ0n) is 5.40. The number of carbonyl (C=O) groups is 1. The molecule has 0 aromatic heterocycles. The predicted molar refractivity (Wildman–Crippen MR) is 30.0 cm³/mol. The van der Waals surface area contributed by atoms with Crippen LogP contribution < -0.4 is 56.5 Å². The summed E-state index contributed by atoms with van der Waals surface area (Å²) in [7, 11) is 0. The number of hydrogen-bond acceptors (Lipinski definition) is 5. The van der Waals surface area contributed by atoms with E-state index in [4.69, 9.17) is 0 Å². The van der Waals surface area contributed by atoms with Crippen molar-refractivity contribution in [2.75, 3.05) is 0 Å². The van der Waals surface area contributed by atoms with Gasteiger partial charge in [-0.05, 0) is 0 Å². The summed E-state index contributed by atoms with van der Waals surface area (Å²) in [5.41, 5.74) is 0. The van der Waals surface area contributed by atoms with Gasteiger partial charge in [-0.15, -0.1) is 6.42 Å². The summed E-state index contributed by atoms with van der Waals surface area (Å²) >= 11 is 3.48. The van der Waals surface area contributed by atoms with E-state index < -0.39 is 11.2 Å². The maximum Gasteiger partial charge on any atom is 1.00 e. The molecule has 4 nitrogen and oxygen atoms in total. The fraction of sp³-hybridized carbons (Fsp3) is 0.500. The molecule has 0 fully saturated rings. The summed E-state index contributed by atoms with van der Waals surface area (Å²) in [5.74, 6) is -1.34. The number of hydrogen-bond donors (Lipinski definition) is 1. The summed E-state index contributed by atoms with van der Waals surface area (Å²) in [6.07, 6.45) is 1.18. The number of rotatable bonds is 3. The third-order valence-corrected chi connectivity index (χ3v) is 0.942. The molecule has 6 heteroatoms. The molecule has 0 bridgehead atoms. The van der Waals surface area contributed by atoms with Gasteiger partial charge in [0.05, 0.1) is 5.97 Å². The van der Waals surface area contributed by atoms with Crippen LogP contribution in [-0.2, 0) is 9.59 Å². The van der Waals surface area contributed by atoms with Gasteiger partial charge in [0.15, 0.2) is 0 Å². The Morgan fingerprint density at radius 1 is 1.70 bits per heavy atom. The molecule has 0 amide bonds. The summed E-state index contributed by atoms with van der Waals surface area (Å²) < 4.78 is 0. The molecule has 0 rings (SSSR count). The van der Waals surface area contributed by atoms with Gasteiger partial charge < -0.3 is 20.2 Å². The zero-order chi connectivity index (χ0) is 6.57. The predicted octanol–water partition coefficient (Wildman–Crippen LogP) is -4.64. The monoisotopic (exact) mass is 188 g/mol. The minimum absolute atomic E-state index is 0. The van der Waals surface area contributed by atoms with Gasteiger partial charge in [0.2, 0.25) is 0 Å². The minimum atomic E-state index is -1.34. The third-order valence-electron chi connectivity index (χ3n) is 0.549. The molecular formula is C4H5KO4S-2. The first-order valence-corrected chi connectivity index (χ1v) is 2.44. The largest absolute Gasteiger partial charge is 1.00 e. The average molecular weight is 188 g/mol. The van der Waals surface area contributed by atoms with E-state index in [1.54, 1.807) is 0 Å². The molecule has 1 N–H and O–H groups in total. The number of carbonyl (C=O) groups excluding carboxylic acids is 2. The van der Waals surface area contributed by atoms with Gasteiger partial charge in [0.1, 0.15) is 0 Å². The maximum atomic E-state index is 9.72. The molecule has 10 heavy (non-hydrogen) atoms. The van der Waals surface area contributed by atoms with E-state index in [1.807, 2.05) is 0 Å². The van der Waals surface area contributed by atoms with Gasteiger partial charge in [-0.1, -0.05) is 0 Å². The van der Waals surface area contributed by atoms with Gasteiger partial charge in [0.25, 0.3) is 0 Å². The molecule has 54 valence electrons. The van der Waals surface area contributed by atoms with E-state index in [2.05, 4.69) is 12.6 Å². The fourth-order valence-corrected chi connectivity index (χ4v) is 0.237. The van der Waals surface area contributed by atoms with Crippen molar-refractivity contribution in [1.82, 2.24) is 0 Å². The molecule has 0 saturated heterocycles. The van der Waals surface area contributed by atoms with E-state index in [-0.39, 0.29) is 63.3 Å². The van der Waals surface area contributed by atoms with Crippen molar-refractivity contribution < 1.29 is 71.6 Å². The van der Waals surface area contributed by atoms with Crippen LogP contribution in [0.25, 0.3) is 0 Å². The van der Waals surface area contributed by atoms with Gasteiger partial charge in [-0.25, -0.2) is 0 Å². The first-order valence-electron chi connectivity index (χ1n) is 1.92. The molecule has 0 aliphatic carbocycles. The molecule has 0 aliphatic heterocycles. The van der Waals surface area contributed by atoms with Crippen LogP contribution in [-0.4, -0.2) is 23.0 Å². The van der Waals surface area contributed by atoms with Gasteiger partial charge in [-0.2, -0.15) is 12.6 Å². The molecule has 0 aliphatic rings. The Hall–Kier alpha value is 1.09. The molecule has 0 saturated carbocycles. The van der Waals surface area contributed by atoms with Crippen molar-refractivity contribution >= 4 is 24.9 Å². The van der Waals surface area contributed by atoms with Crippen molar-refractivity contribution in [3.05, 3.63) is 0 Å². The number of carboxylic acids is 1. The Balaban J connectivity index is -0.000000245. The summed E-state index contributed by atoms with van der Waals surface area (Å²) in [6.45, 7) is 0. The third kappa shape index (κ3) is 9.09. The molecule has 0 aromatic rings. The van der Waals surface area contributed by atoms with Crippen LogP contribution in [0.4, 0.5) is 0 Å². The van der Waals surface area contributed by atoms with Crippen LogP contribution >= 0.6 is 12.6 Å². The SMILES string of the molecule is O=[C-]CC(S)C(=O)[O-].[K+].[OH-]. The molecule has 0 radical (unpaired) electrons. The van der Waals surface area contributed by atoms with Crippen LogP contribution in [0.15, 0.2) is 0 Å². The Morgan fingerprint density at radius 2 is 2.10 bits per heavy atom. The van der Waals surface area contributed by atoms with Crippen molar-refractivity contribution in [3.63, 3.8) is 0 Å². The number of carboxylic acid groups (broad SMARTS) is 1. The normalized spacial score (nSPS) is 10.1. The van der Waals surface area contributed by atoms with Crippen LogP contribution in [0.2, 0.25) is 0 Å². The summed E-state index contributed by atoms with van der Waals surface area (Å²) in [5, 5.41) is 8.72. The van der Waals surface area contributed by atoms with Crippen molar-refractivity contribution in [3.8, 4) is 0 Å². The second-order valence-electron chi connectivity index (χ2n) is 1.18. The number of thiol groups is 1. The Bertz CT molecular complexity index is 107. The van der Waals surface area contributed by atoms with E-state index in [1.165, 1.54) is 6.29 Å². The quantitative estimate of drug-likeness (QED) is 0.274. The van der Waals surface area contributed by atoms with Crippen LogP contribution in [0.1, 0.15) is 6.42 Å². The Morgan fingerprint density at radius 3 is 2.20 bits per heavy atom. The van der Waals surface area contributed by atoms with Crippen molar-refractivity contribution in [2.45, 2.75) is 11.7 Å². The first kappa shape index (κ1) is 17.2. The average Bonchev–Trinajstić information content (AvgIpc) is 1.67. The van der Waals surface area contributed by atoms with Gasteiger partial charge in [0, 0.05) is 5.25 Å². The van der Waals surface area contributed by atoms with Crippen molar-refractivity contribution in [1.29, 1.82) is 0 Å². The fourth-order valence-electron chi connectivity index (χ4n) is 0.162. The topological polar surface area (TPSA) is 87.2 Å². The second-order valence-corrected chi connectivity index (χ2v) is 1.81. The van der Waals surface area contributed by atoms with E-state index >= 15 is 0 Å². The smallest absolute Gasteiger partial charge is 0.870 e. The molecule has 0 aromatic carbocycles. The molecule has 0 spiro atoms.